The molecule has 0 N–H and O–H groups in total. The van der Waals surface area contributed by atoms with E-state index in [1.165, 1.54) is 4.68 Å². The van der Waals surface area contributed by atoms with Gasteiger partial charge in [0.2, 0.25) is 0 Å². The van der Waals surface area contributed by atoms with Crippen LogP contribution in [0.25, 0.3) is 0 Å². The Balaban J connectivity index is 2.02. The first-order chi connectivity index (χ1) is 9.60. The molecule has 1 aromatic heterocycles. The number of hydrogen-bond donors (Lipinski definition) is 0. The largest absolute Gasteiger partial charge is 0.486 e. The lowest BCUT2D eigenvalue weighted by Crippen LogP contribution is -2.07. The minimum Gasteiger partial charge on any atom is -0.486 e. The van der Waals surface area contributed by atoms with Crippen LogP contribution in [0.4, 0.5) is 0 Å². The molecule has 0 spiro atoms. The van der Waals surface area contributed by atoms with Crippen molar-refractivity contribution in [2.75, 3.05) is 6.61 Å². The van der Waals surface area contributed by atoms with Crippen LogP contribution in [-0.2, 0) is 18.4 Å². The summed E-state index contributed by atoms with van der Waals surface area (Å²) in [5.41, 5.74) is 0. The highest BCUT2D eigenvalue weighted by atomic mass is 35.5. The molecule has 2 rings (SSSR count). The number of benzene rings is 1. The molecule has 2 aromatic rings. The topological polar surface area (TPSA) is 66.2 Å². The second-order valence-corrected chi connectivity index (χ2v) is 4.37. The SMILES string of the molecule is CCOC(=O)c1nc(COc2ccc(Cl)cc2)n(C)n1. The van der Waals surface area contributed by atoms with Crippen molar-refractivity contribution in [1.29, 1.82) is 0 Å². The summed E-state index contributed by atoms with van der Waals surface area (Å²) in [6.45, 7) is 2.21. The Morgan fingerprint density at radius 3 is 2.70 bits per heavy atom. The van der Waals surface area contributed by atoms with E-state index in [2.05, 4.69) is 10.1 Å². The van der Waals surface area contributed by atoms with E-state index >= 15 is 0 Å². The van der Waals surface area contributed by atoms with E-state index < -0.39 is 5.97 Å². The van der Waals surface area contributed by atoms with E-state index in [0.29, 0.717) is 16.6 Å². The van der Waals surface area contributed by atoms with Crippen LogP contribution in [-0.4, -0.2) is 27.3 Å². The highest BCUT2D eigenvalue weighted by molar-refractivity contribution is 6.30. The Morgan fingerprint density at radius 1 is 1.35 bits per heavy atom. The van der Waals surface area contributed by atoms with Crippen LogP contribution < -0.4 is 4.74 Å². The molecule has 1 aromatic carbocycles. The van der Waals surface area contributed by atoms with Crippen molar-refractivity contribution in [3.63, 3.8) is 0 Å². The van der Waals surface area contributed by atoms with Gasteiger partial charge in [0.05, 0.1) is 6.61 Å². The van der Waals surface area contributed by atoms with Crippen molar-refractivity contribution in [1.82, 2.24) is 14.8 Å². The number of carbonyl (C=O) groups excluding carboxylic acids is 1. The maximum Gasteiger partial charge on any atom is 0.378 e. The Labute approximate surface area is 121 Å². The van der Waals surface area contributed by atoms with E-state index in [1.807, 2.05) is 0 Å². The summed E-state index contributed by atoms with van der Waals surface area (Å²) in [5, 5.41) is 4.62. The molecule has 0 radical (unpaired) electrons. The summed E-state index contributed by atoms with van der Waals surface area (Å²) in [6.07, 6.45) is 0. The average molecular weight is 296 g/mol. The minimum absolute atomic E-state index is 0.0315. The number of esters is 1. The van der Waals surface area contributed by atoms with Crippen LogP contribution in [0.3, 0.4) is 0 Å². The number of aromatic nitrogens is 3. The predicted molar refractivity (Wildman–Crippen MR) is 72.7 cm³/mol. The van der Waals surface area contributed by atoms with Gasteiger partial charge in [-0.3, -0.25) is 0 Å². The zero-order valence-electron chi connectivity index (χ0n) is 11.2. The molecule has 20 heavy (non-hydrogen) atoms. The summed E-state index contributed by atoms with van der Waals surface area (Å²) in [4.78, 5) is 15.6. The van der Waals surface area contributed by atoms with Gasteiger partial charge >= 0.3 is 5.97 Å². The summed E-state index contributed by atoms with van der Waals surface area (Å²) >= 11 is 5.79. The first kappa shape index (κ1) is 14.3. The summed E-state index contributed by atoms with van der Waals surface area (Å²) in [7, 11) is 1.69. The Morgan fingerprint density at radius 2 is 2.05 bits per heavy atom. The Hall–Kier alpha value is -2.08. The van der Waals surface area contributed by atoms with Gasteiger partial charge in [-0.2, -0.15) is 0 Å². The lowest BCUT2D eigenvalue weighted by molar-refractivity contribution is 0.0511. The van der Waals surface area contributed by atoms with Gasteiger partial charge in [0.25, 0.3) is 5.82 Å². The molecule has 1 heterocycles. The number of rotatable bonds is 5. The van der Waals surface area contributed by atoms with Gasteiger partial charge in [0.1, 0.15) is 12.4 Å². The maximum absolute atomic E-state index is 11.5. The van der Waals surface area contributed by atoms with Crippen molar-refractivity contribution in [3.05, 3.63) is 40.9 Å². The van der Waals surface area contributed by atoms with Crippen LogP contribution >= 0.6 is 11.6 Å². The molecule has 0 aliphatic rings. The van der Waals surface area contributed by atoms with Crippen molar-refractivity contribution < 1.29 is 14.3 Å². The van der Waals surface area contributed by atoms with E-state index in [4.69, 9.17) is 21.1 Å². The van der Waals surface area contributed by atoms with Crippen molar-refractivity contribution in [2.45, 2.75) is 13.5 Å². The van der Waals surface area contributed by atoms with Gasteiger partial charge in [0, 0.05) is 12.1 Å². The average Bonchev–Trinajstić information content (AvgIpc) is 2.80. The third kappa shape index (κ3) is 3.48. The van der Waals surface area contributed by atoms with E-state index in [0.717, 1.165) is 0 Å². The van der Waals surface area contributed by atoms with Crippen LogP contribution in [0.1, 0.15) is 23.4 Å². The van der Waals surface area contributed by atoms with Crippen LogP contribution in [0.2, 0.25) is 5.02 Å². The molecular weight excluding hydrogens is 282 g/mol. The lowest BCUT2D eigenvalue weighted by Gasteiger charge is -2.04. The van der Waals surface area contributed by atoms with Gasteiger partial charge < -0.3 is 9.47 Å². The molecule has 0 bridgehead atoms. The standard InChI is InChI=1S/C13H14ClN3O3/c1-3-19-13(18)12-15-11(17(2)16-12)8-20-10-6-4-9(14)5-7-10/h4-7H,3,8H2,1-2H3. The number of halogens is 1. The van der Waals surface area contributed by atoms with Crippen LogP contribution in [0.5, 0.6) is 5.75 Å². The molecule has 0 saturated carbocycles. The molecule has 106 valence electrons. The number of ether oxygens (including phenoxy) is 2. The molecule has 0 amide bonds. The summed E-state index contributed by atoms with van der Waals surface area (Å²) < 4.78 is 11.9. The fourth-order valence-electron chi connectivity index (χ4n) is 1.50. The number of hydrogen-bond acceptors (Lipinski definition) is 5. The van der Waals surface area contributed by atoms with Crippen LogP contribution in [0.15, 0.2) is 24.3 Å². The molecule has 0 aliphatic heterocycles. The second kappa shape index (κ2) is 6.38. The zero-order chi connectivity index (χ0) is 14.5. The smallest absolute Gasteiger partial charge is 0.378 e. The van der Waals surface area contributed by atoms with Gasteiger partial charge in [-0.1, -0.05) is 11.6 Å². The summed E-state index contributed by atoms with van der Waals surface area (Å²) in [6, 6.07) is 6.98. The normalized spacial score (nSPS) is 10.3. The second-order valence-electron chi connectivity index (χ2n) is 3.94. The molecule has 0 unspecified atom stereocenters. The van der Waals surface area contributed by atoms with Crippen molar-refractivity contribution in [2.24, 2.45) is 7.05 Å². The number of nitrogens with zero attached hydrogens (tertiary/aromatic N) is 3. The zero-order valence-corrected chi connectivity index (χ0v) is 11.9. The van der Waals surface area contributed by atoms with Crippen molar-refractivity contribution >= 4 is 17.6 Å². The van der Waals surface area contributed by atoms with E-state index in [9.17, 15) is 4.79 Å². The van der Waals surface area contributed by atoms with E-state index in [-0.39, 0.29) is 19.0 Å². The highest BCUT2D eigenvalue weighted by Gasteiger charge is 2.15. The number of carbonyl (C=O) groups is 1. The maximum atomic E-state index is 11.5. The van der Waals surface area contributed by atoms with Crippen molar-refractivity contribution in [3.8, 4) is 5.75 Å². The monoisotopic (exact) mass is 295 g/mol. The minimum atomic E-state index is -0.541. The Bertz CT molecular complexity index is 595. The van der Waals surface area contributed by atoms with E-state index in [1.54, 1.807) is 38.2 Å². The molecular formula is C13H14ClN3O3. The third-order valence-electron chi connectivity index (χ3n) is 2.49. The molecule has 0 fully saturated rings. The predicted octanol–water partition coefficient (Wildman–Crippen LogP) is 2.22. The van der Waals surface area contributed by atoms with Gasteiger partial charge in [-0.05, 0) is 31.2 Å². The fourth-order valence-corrected chi connectivity index (χ4v) is 1.63. The quantitative estimate of drug-likeness (QED) is 0.791. The molecule has 6 nitrogen and oxygen atoms in total. The van der Waals surface area contributed by atoms with Crippen LogP contribution in [0, 0.1) is 0 Å². The highest BCUT2D eigenvalue weighted by Crippen LogP contribution is 2.16. The fraction of sp³-hybridized carbons (Fsp3) is 0.308. The summed E-state index contributed by atoms with van der Waals surface area (Å²) in [5.74, 6) is 0.683. The molecule has 0 aliphatic carbocycles. The lowest BCUT2D eigenvalue weighted by atomic mass is 10.3. The van der Waals surface area contributed by atoms with Gasteiger partial charge in [-0.25, -0.2) is 14.5 Å². The number of aryl methyl sites for hydroxylation is 1. The first-order valence-corrected chi connectivity index (χ1v) is 6.43. The third-order valence-corrected chi connectivity index (χ3v) is 2.74. The molecule has 0 saturated heterocycles. The van der Waals surface area contributed by atoms with Gasteiger partial charge in [-0.15, -0.1) is 5.10 Å². The first-order valence-electron chi connectivity index (χ1n) is 6.05. The Kier molecular flexibility index (Phi) is 4.57. The molecule has 0 atom stereocenters. The molecule has 7 heteroatoms. The van der Waals surface area contributed by atoms with Gasteiger partial charge in [0.15, 0.2) is 5.82 Å².